The molecule has 0 saturated carbocycles. The van der Waals surface area contributed by atoms with Gasteiger partial charge in [0.05, 0.1) is 4.92 Å². The zero-order valence-electron chi connectivity index (χ0n) is 7.77. The summed E-state index contributed by atoms with van der Waals surface area (Å²) >= 11 is 0. The summed E-state index contributed by atoms with van der Waals surface area (Å²) in [7, 11) is 0. The zero-order chi connectivity index (χ0) is 10.6. The number of pyridine rings is 1. The van der Waals surface area contributed by atoms with Crippen molar-refractivity contribution in [3.8, 4) is 5.88 Å². The molecular weight excluding hydrogens is 186 g/mol. The van der Waals surface area contributed by atoms with Gasteiger partial charge in [-0.1, -0.05) is 0 Å². The molecule has 0 spiro atoms. The molecule has 0 atom stereocenters. The summed E-state index contributed by atoms with van der Waals surface area (Å²) in [5, 5.41) is 10.6. The highest BCUT2D eigenvalue weighted by Crippen LogP contribution is 2.23. The molecule has 0 aliphatic rings. The van der Waals surface area contributed by atoms with Crippen LogP contribution in [0, 0.1) is 17.0 Å². The molecule has 1 aromatic heterocycles. The van der Waals surface area contributed by atoms with Gasteiger partial charge in [-0.2, -0.15) is 0 Å². The van der Waals surface area contributed by atoms with E-state index in [0.29, 0.717) is 12.2 Å². The molecule has 0 radical (unpaired) electrons. The molecule has 14 heavy (non-hydrogen) atoms. The first-order valence-corrected chi connectivity index (χ1v) is 4.10. The third-order valence-electron chi connectivity index (χ3n) is 1.53. The number of nitrogens with two attached hydrogens (primary N) is 1. The van der Waals surface area contributed by atoms with E-state index in [1.807, 2.05) is 0 Å². The first-order chi connectivity index (χ1) is 6.65. The van der Waals surface area contributed by atoms with E-state index in [9.17, 15) is 10.1 Å². The fraction of sp³-hybridized carbons (Fsp3) is 0.375. The largest absolute Gasteiger partial charge is 0.471 e. The van der Waals surface area contributed by atoms with Gasteiger partial charge in [0.2, 0.25) is 0 Å². The van der Waals surface area contributed by atoms with Crippen LogP contribution >= 0.6 is 0 Å². The minimum absolute atomic E-state index is 0.0282. The van der Waals surface area contributed by atoms with Crippen molar-refractivity contribution in [1.29, 1.82) is 0 Å². The Morgan fingerprint density at radius 1 is 1.64 bits per heavy atom. The van der Waals surface area contributed by atoms with Crippen molar-refractivity contribution in [1.82, 2.24) is 4.98 Å². The number of hydrogen-bond acceptors (Lipinski definition) is 5. The van der Waals surface area contributed by atoms with Gasteiger partial charge in [-0.3, -0.25) is 10.1 Å². The van der Waals surface area contributed by atoms with Gasteiger partial charge < -0.3 is 10.5 Å². The van der Waals surface area contributed by atoms with Crippen LogP contribution in [0.2, 0.25) is 0 Å². The van der Waals surface area contributed by atoms with Crippen LogP contribution in [-0.4, -0.2) is 23.1 Å². The topological polar surface area (TPSA) is 91.3 Å². The van der Waals surface area contributed by atoms with Crippen molar-refractivity contribution in [2.45, 2.75) is 6.92 Å². The standard InChI is InChI=1S/C8H11N3O3/c1-6-2-3-7(11(12)13)8(10-6)14-5-4-9/h2-3H,4-5,9H2,1H3. The van der Waals surface area contributed by atoms with Gasteiger partial charge in [0.15, 0.2) is 0 Å². The molecule has 0 unspecified atom stereocenters. The summed E-state index contributed by atoms with van der Waals surface area (Å²) < 4.78 is 5.05. The number of aryl methyl sites for hydroxylation is 1. The first-order valence-electron chi connectivity index (χ1n) is 4.10. The molecule has 0 amide bonds. The Kier molecular flexibility index (Phi) is 3.35. The zero-order valence-corrected chi connectivity index (χ0v) is 7.77. The summed E-state index contributed by atoms with van der Waals surface area (Å²) in [6.07, 6.45) is 0. The Bertz CT molecular complexity index is 341. The lowest BCUT2D eigenvalue weighted by Gasteiger charge is -2.04. The second-order valence-electron chi connectivity index (χ2n) is 2.67. The summed E-state index contributed by atoms with van der Waals surface area (Å²) in [6, 6.07) is 2.93. The van der Waals surface area contributed by atoms with Crippen molar-refractivity contribution < 1.29 is 9.66 Å². The predicted octanol–water partition coefficient (Wildman–Crippen LogP) is 0.636. The Hall–Kier alpha value is -1.69. The van der Waals surface area contributed by atoms with Gasteiger partial charge in [-0.25, -0.2) is 4.98 Å². The lowest BCUT2D eigenvalue weighted by atomic mass is 10.3. The first kappa shape index (κ1) is 10.4. The van der Waals surface area contributed by atoms with E-state index in [1.165, 1.54) is 6.07 Å². The smallest absolute Gasteiger partial charge is 0.330 e. The van der Waals surface area contributed by atoms with Crippen LogP contribution in [0.3, 0.4) is 0 Å². The number of hydrogen-bond donors (Lipinski definition) is 1. The van der Waals surface area contributed by atoms with E-state index < -0.39 is 4.92 Å². The van der Waals surface area contributed by atoms with Crippen molar-refractivity contribution in [2.75, 3.05) is 13.2 Å². The molecule has 1 rings (SSSR count). The van der Waals surface area contributed by atoms with Crippen LogP contribution < -0.4 is 10.5 Å². The fourth-order valence-corrected chi connectivity index (χ4v) is 0.926. The van der Waals surface area contributed by atoms with Crippen molar-refractivity contribution in [3.05, 3.63) is 27.9 Å². The van der Waals surface area contributed by atoms with E-state index in [0.717, 1.165) is 0 Å². The number of rotatable bonds is 4. The van der Waals surface area contributed by atoms with Gasteiger partial charge in [0, 0.05) is 18.3 Å². The average Bonchev–Trinajstić information content (AvgIpc) is 2.14. The summed E-state index contributed by atoms with van der Waals surface area (Å²) in [5.74, 6) is 0.0282. The van der Waals surface area contributed by atoms with Crippen LogP contribution in [0.15, 0.2) is 12.1 Å². The summed E-state index contributed by atoms with van der Waals surface area (Å²) in [4.78, 5) is 13.9. The van der Waals surface area contributed by atoms with Crippen LogP contribution in [0.5, 0.6) is 5.88 Å². The molecule has 6 nitrogen and oxygen atoms in total. The SMILES string of the molecule is Cc1ccc([N+](=O)[O-])c(OCCN)n1. The van der Waals surface area contributed by atoms with Crippen LogP contribution in [-0.2, 0) is 0 Å². The molecule has 2 N–H and O–H groups in total. The Labute approximate surface area is 80.9 Å². The minimum Gasteiger partial charge on any atom is -0.471 e. The van der Waals surface area contributed by atoms with Crippen LogP contribution in [0.4, 0.5) is 5.69 Å². The lowest BCUT2D eigenvalue weighted by Crippen LogP contribution is -2.12. The van der Waals surface area contributed by atoms with E-state index in [2.05, 4.69) is 4.98 Å². The van der Waals surface area contributed by atoms with Crippen molar-refractivity contribution in [2.24, 2.45) is 5.73 Å². The predicted molar refractivity (Wildman–Crippen MR) is 50.2 cm³/mol. The maximum Gasteiger partial charge on any atom is 0.330 e. The highest BCUT2D eigenvalue weighted by atomic mass is 16.6. The molecule has 0 aliphatic heterocycles. The number of nitrogens with zero attached hydrogens (tertiary/aromatic N) is 2. The van der Waals surface area contributed by atoms with Gasteiger partial charge in [-0.05, 0) is 13.0 Å². The number of nitro groups is 1. The Morgan fingerprint density at radius 3 is 2.93 bits per heavy atom. The number of aromatic nitrogens is 1. The summed E-state index contributed by atoms with van der Waals surface area (Å²) in [6.45, 7) is 2.25. The molecule has 6 heteroatoms. The van der Waals surface area contributed by atoms with Gasteiger partial charge in [-0.15, -0.1) is 0 Å². The molecule has 1 heterocycles. The molecular formula is C8H11N3O3. The maximum atomic E-state index is 10.6. The van der Waals surface area contributed by atoms with Gasteiger partial charge in [0.1, 0.15) is 6.61 Å². The monoisotopic (exact) mass is 197 g/mol. The minimum atomic E-state index is -0.529. The van der Waals surface area contributed by atoms with Gasteiger partial charge in [0.25, 0.3) is 5.88 Å². The molecule has 76 valence electrons. The third kappa shape index (κ3) is 2.40. The van der Waals surface area contributed by atoms with Crippen LogP contribution in [0.1, 0.15) is 5.69 Å². The molecule has 0 aromatic carbocycles. The normalized spacial score (nSPS) is 9.86. The highest BCUT2D eigenvalue weighted by molar-refractivity contribution is 5.41. The molecule has 0 aliphatic carbocycles. The van der Waals surface area contributed by atoms with E-state index in [-0.39, 0.29) is 18.2 Å². The van der Waals surface area contributed by atoms with Gasteiger partial charge >= 0.3 is 5.69 Å². The van der Waals surface area contributed by atoms with Crippen LogP contribution in [0.25, 0.3) is 0 Å². The molecule has 0 fully saturated rings. The second kappa shape index (κ2) is 4.52. The fourth-order valence-electron chi connectivity index (χ4n) is 0.926. The third-order valence-corrected chi connectivity index (χ3v) is 1.53. The quantitative estimate of drug-likeness (QED) is 0.564. The van der Waals surface area contributed by atoms with Crippen molar-refractivity contribution >= 4 is 5.69 Å². The number of ether oxygens (including phenoxy) is 1. The van der Waals surface area contributed by atoms with E-state index in [1.54, 1.807) is 13.0 Å². The second-order valence-corrected chi connectivity index (χ2v) is 2.67. The summed E-state index contributed by atoms with van der Waals surface area (Å²) in [5.41, 5.74) is 5.75. The van der Waals surface area contributed by atoms with Crippen molar-refractivity contribution in [3.63, 3.8) is 0 Å². The molecule has 0 saturated heterocycles. The van der Waals surface area contributed by atoms with E-state index in [4.69, 9.17) is 10.5 Å². The Morgan fingerprint density at radius 2 is 2.36 bits per heavy atom. The molecule has 0 bridgehead atoms. The average molecular weight is 197 g/mol. The maximum absolute atomic E-state index is 10.6. The van der Waals surface area contributed by atoms with E-state index >= 15 is 0 Å². The highest BCUT2D eigenvalue weighted by Gasteiger charge is 2.16. The lowest BCUT2D eigenvalue weighted by molar-refractivity contribution is -0.386. The Balaban J connectivity index is 2.97. The molecule has 1 aromatic rings.